The molecule has 162 valence electrons. The number of carbonyl (C=O) groups excluding carboxylic acids is 2. The molecule has 2 aromatic rings. The van der Waals surface area contributed by atoms with Gasteiger partial charge in [0.2, 0.25) is 0 Å². The normalized spacial score (nSPS) is 20.5. The van der Waals surface area contributed by atoms with Crippen LogP contribution in [0.1, 0.15) is 45.3 Å². The summed E-state index contributed by atoms with van der Waals surface area (Å²) in [4.78, 5) is 25.9. The van der Waals surface area contributed by atoms with Crippen LogP contribution in [-0.2, 0) is 14.3 Å². The van der Waals surface area contributed by atoms with Crippen molar-refractivity contribution in [1.29, 1.82) is 0 Å². The van der Waals surface area contributed by atoms with E-state index in [0.29, 0.717) is 56.8 Å². The largest absolute Gasteiger partial charge is 0.466 e. The van der Waals surface area contributed by atoms with Gasteiger partial charge in [0.1, 0.15) is 11.5 Å². The van der Waals surface area contributed by atoms with Crippen LogP contribution < -0.4 is 5.32 Å². The Bertz CT molecular complexity index is 1160. The van der Waals surface area contributed by atoms with Crippen LogP contribution in [0.25, 0.3) is 11.3 Å². The summed E-state index contributed by atoms with van der Waals surface area (Å²) in [6.45, 7) is 5.94. The van der Waals surface area contributed by atoms with Gasteiger partial charge < -0.3 is 14.5 Å². The number of halogens is 2. The van der Waals surface area contributed by atoms with Crippen molar-refractivity contribution in [3.8, 4) is 11.3 Å². The summed E-state index contributed by atoms with van der Waals surface area (Å²) in [5, 5.41) is 4.30. The number of methoxy groups -OCH3 is 1. The second-order valence-corrected chi connectivity index (χ2v) is 9.59. The van der Waals surface area contributed by atoms with Crippen molar-refractivity contribution in [2.75, 3.05) is 7.11 Å². The fourth-order valence-electron chi connectivity index (χ4n) is 4.44. The molecule has 0 spiro atoms. The summed E-state index contributed by atoms with van der Waals surface area (Å²) in [5.74, 6) is -0.171. The first-order chi connectivity index (χ1) is 14.6. The van der Waals surface area contributed by atoms with E-state index in [2.05, 4.69) is 19.2 Å². The van der Waals surface area contributed by atoms with Gasteiger partial charge in [0.05, 0.1) is 23.6 Å². The number of dihydropyridines is 1. The minimum absolute atomic E-state index is 0.00334. The third-order valence-electron chi connectivity index (χ3n) is 5.75. The number of hydrogen-bond donors (Lipinski definition) is 1. The van der Waals surface area contributed by atoms with E-state index in [9.17, 15) is 9.59 Å². The van der Waals surface area contributed by atoms with E-state index in [4.69, 9.17) is 32.4 Å². The predicted octanol–water partition coefficient (Wildman–Crippen LogP) is 6.03. The molecule has 2 aliphatic rings. The zero-order valence-corrected chi connectivity index (χ0v) is 19.3. The maximum Gasteiger partial charge on any atom is 0.336 e. The summed E-state index contributed by atoms with van der Waals surface area (Å²) >= 11 is 12.5. The second kappa shape index (κ2) is 7.88. The lowest BCUT2D eigenvalue weighted by atomic mass is 9.69. The number of nitrogens with one attached hydrogen (secondary N) is 1. The molecule has 0 fully saturated rings. The maximum atomic E-state index is 13.2. The molecule has 0 bridgehead atoms. The van der Waals surface area contributed by atoms with Crippen molar-refractivity contribution in [1.82, 2.24) is 5.32 Å². The minimum Gasteiger partial charge on any atom is -0.466 e. The third kappa shape index (κ3) is 3.92. The van der Waals surface area contributed by atoms with E-state index in [1.165, 1.54) is 7.11 Å². The molecular formula is C24H23Cl2NO4. The molecule has 1 aromatic carbocycles. The summed E-state index contributed by atoms with van der Waals surface area (Å²) in [7, 11) is 1.33. The first kappa shape index (κ1) is 21.7. The van der Waals surface area contributed by atoms with Gasteiger partial charge in [-0.15, -0.1) is 0 Å². The monoisotopic (exact) mass is 459 g/mol. The fourth-order valence-corrected chi connectivity index (χ4v) is 4.82. The highest BCUT2D eigenvalue weighted by molar-refractivity contribution is 6.35. The number of allylic oxidation sites excluding steroid dienone is 3. The minimum atomic E-state index is -0.654. The summed E-state index contributed by atoms with van der Waals surface area (Å²) < 4.78 is 11.2. The Kier molecular flexibility index (Phi) is 5.52. The zero-order valence-electron chi connectivity index (χ0n) is 17.8. The van der Waals surface area contributed by atoms with E-state index in [0.717, 1.165) is 5.70 Å². The molecule has 1 unspecified atom stereocenters. The lowest BCUT2D eigenvalue weighted by molar-refractivity contribution is -0.136. The second-order valence-electron chi connectivity index (χ2n) is 8.75. The lowest BCUT2D eigenvalue weighted by Gasteiger charge is -2.38. The van der Waals surface area contributed by atoms with Crippen LogP contribution >= 0.6 is 23.2 Å². The quantitative estimate of drug-likeness (QED) is 0.567. The van der Waals surface area contributed by atoms with Crippen molar-refractivity contribution in [3.05, 3.63) is 68.7 Å². The molecule has 1 aliphatic carbocycles. The standard InChI is InChI=1S/C24H23Cl2NO4/c1-12-20(23(29)30-4)22(21-16(27-12)10-24(2,3)11-17(21)28)19-8-7-18(31-19)14-9-13(25)5-6-15(14)26/h5-9,22,27H,10-11H2,1-4H3. The molecule has 2 heterocycles. The van der Waals surface area contributed by atoms with Gasteiger partial charge in [0.25, 0.3) is 0 Å². The summed E-state index contributed by atoms with van der Waals surface area (Å²) in [6.07, 6.45) is 1.09. The molecule has 4 rings (SSSR count). The Balaban J connectivity index is 1.87. The first-order valence-electron chi connectivity index (χ1n) is 9.99. The average molecular weight is 460 g/mol. The first-order valence-corrected chi connectivity index (χ1v) is 10.7. The van der Waals surface area contributed by atoms with Crippen LogP contribution in [0.3, 0.4) is 0 Å². The smallest absolute Gasteiger partial charge is 0.336 e. The van der Waals surface area contributed by atoms with Gasteiger partial charge in [-0.05, 0) is 49.1 Å². The van der Waals surface area contributed by atoms with Gasteiger partial charge in [0, 0.05) is 34.0 Å². The topological polar surface area (TPSA) is 68.5 Å². The number of ketones is 1. The van der Waals surface area contributed by atoms with Crippen LogP contribution in [0, 0.1) is 5.41 Å². The Morgan fingerprint density at radius 1 is 1.19 bits per heavy atom. The highest BCUT2D eigenvalue weighted by Crippen LogP contribution is 2.47. The molecule has 0 radical (unpaired) electrons. The number of Topliss-reactive ketones (excluding diaryl/α,β-unsaturated/α-hetero) is 1. The van der Waals surface area contributed by atoms with E-state index >= 15 is 0 Å². The van der Waals surface area contributed by atoms with Crippen molar-refractivity contribution in [2.45, 2.75) is 39.5 Å². The van der Waals surface area contributed by atoms with E-state index in [-0.39, 0.29) is 11.2 Å². The van der Waals surface area contributed by atoms with Gasteiger partial charge in [0.15, 0.2) is 5.78 Å². The van der Waals surface area contributed by atoms with E-state index in [1.807, 2.05) is 6.92 Å². The van der Waals surface area contributed by atoms with Crippen LogP contribution in [0.5, 0.6) is 0 Å². The molecule has 5 nitrogen and oxygen atoms in total. The fraction of sp³-hybridized carbons (Fsp3) is 0.333. The lowest BCUT2D eigenvalue weighted by Crippen LogP contribution is -2.38. The van der Waals surface area contributed by atoms with Crippen LogP contribution in [0.2, 0.25) is 10.0 Å². The van der Waals surface area contributed by atoms with Crippen molar-refractivity contribution in [3.63, 3.8) is 0 Å². The van der Waals surface area contributed by atoms with Gasteiger partial charge in [-0.3, -0.25) is 4.79 Å². The average Bonchev–Trinajstić information content (AvgIpc) is 3.16. The predicted molar refractivity (Wildman–Crippen MR) is 120 cm³/mol. The summed E-state index contributed by atoms with van der Waals surface area (Å²) in [5.41, 5.74) is 2.88. The highest BCUT2D eigenvalue weighted by atomic mass is 35.5. The maximum absolute atomic E-state index is 13.2. The molecule has 1 aliphatic heterocycles. The van der Waals surface area contributed by atoms with Crippen LogP contribution in [0.4, 0.5) is 0 Å². The number of furan rings is 1. The third-order valence-corrected chi connectivity index (χ3v) is 6.31. The zero-order chi connectivity index (χ0) is 22.5. The Morgan fingerprint density at radius 3 is 2.65 bits per heavy atom. The van der Waals surface area contributed by atoms with Gasteiger partial charge in [-0.25, -0.2) is 4.79 Å². The number of hydrogen-bond acceptors (Lipinski definition) is 5. The van der Waals surface area contributed by atoms with E-state index in [1.54, 1.807) is 30.3 Å². The summed E-state index contributed by atoms with van der Waals surface area (Å²) in [6, 6.07) is 8.66. The van der Waals surface area contributed by atoms with Crippen molar-refractivity contribution in [2.24, 2.45) is 5.41 Å². The van der Waals surface area contributed by atoms with Crippen LogP contribution in [-0.4, -0.2) is 18.9 Å². The molecule has 7 heteroatoms. The Hall–Kier alpha value is -2.50. The molecule has 0 amide bonds. The van der Waals surface area contributed by atoms with Crippen molar-refractivity contribution >= 4 is 35.0 Å². The van der Waals surface area contributed by atoms with E-state index < -0.39 is 11.9 Å². The SMILES string of the molecule is COC(=O)C1=C(C)NC2=C(C(=O)CC(C)(C)C2)C1c1ccc(-c2cc(Cl)ccc2Cl)o1. The molecule has 0 saturated carbocycles. The number of esters is 1. The number of carbonyl (C=O) groups is 2. The number of benzene rings is 1. The number of ether oxygens (including phenoxy) is 1. The molecule has 1 aromatic heterocycles. The molecular weight excluding hydrogens is 437 g/mol. The Morgan fingerprint density at radius 2 is 1.94 bits per heavy atom. The number of rotatable bonds is 3. The molecule has 0 saturated heterocycles. The van der Waals surface area contributed by atoms with Crippen LogP contribution in [0.15, 0.2) is 57.3 Å². The van der Waals surface area contributed by atoms with Gasteiger partial charge in [-0.2, -0.15) is 0 Å². The van der Waals surface area contributed by atoms with Crippen molar-refractivity contribution < 1.29 is 18.7 Å². The Labute approximate surface area is 191 Å². The highest BCUT2D eigenvalue weighted by Gasteiger charge is 2.44. The molecule has 1 N–H and O–H groups in total. The molecule has 1 atom stereocenters. The van der Waals surface area contributed by atoms with Gasteiger partial charge in [-0.1, -0.05) is 37.0 Å². The van der Waals surface area contributed by atoms with Gasteiger partial charge >= 0.3 is 5.97 Å². The molecule has 31 heavy (non-hydrogen) atoms.